The first-order chi connectivity index (χ1) is 11.5. The topological polar surface area (TPSA) is 35.5 Å². The Morgan fingerprint density at radius 3 is 1.81 bits per heavy atom. The highest BCUT2D eigenvalue weighted by molar-refractivity contribution is 6.74. The minimum atomic E-state index is -1.73. The zero-order chi connectivity index (χ0) is 20.8. The van der Waals surface area contributed by atoms with Gasteiger partial charge in [0.2, 0.25) is 0 Å². The third kappa shape index (κ3) is 9.29. The molecule has 156 valence electrons. The van der Waals surface area contributed by atoms with Crippen LogP contribution in [0.1, 0.15) is 80.6 Å². The number of hydrogen-bond acceptors (Lipinski definition) is 3. The van der Waals surface area contributed by atoms with Crippen LogP contribution in [0.3, 0.4) is 0 Å². The van der Waals surface area contributed by atoms with Gasteiger partial charge in [-0.3, -0.25) is 4.79 Å². The average Bonchev–Trinajstić information content (AvgIpc) is 2.41. The summed E-state index contributed by atoms with van der Waals surface area (Å²) >= 11 is 0. The number of hydrogen-bond donors (Lipinski definition) is 0. The van der Waals surface area contributed by atoms with Crippen LogP contribution in [0.4, 0.5) is 0 Å². The average molecular weight is 403 g/mol. The summed E-state index contributed by atoms with van der Waals surface area (Å²) in [6.07, 6.45) is 4.24. The van der Waals surface area contributed by atoms with Gasteiger partial charge in [0.25, 0.3) is 0 Å². The van der Waals surface area contributed by atoms with Crippen LogP contribution in [0, 0.1) is 0 Å². The molecule has 0 unspecified atom stereocenters. The lowest BCUT2D eigenvalue weighted by Gasteiger charge is -2.38. The van der Waals surface area contributed by atoms with Crippen molar-refractivity contribution in [2.45, 2.75) is 123 Å². The highest BCUT2D eigenvalue weighted by atomic mass is 28.4. The summed E-state index contributed by atoms with van der Waals surface area (Å²) in [6, 6.07) is 0. The van der Waals surface area contributed by atoms with E-state index in [9.17, 15) is 4.79 Å². The lowest BCUT2D eigenvalue weighted by atomic mass is 10.1. The lowest BCUT2D eigenvalue weighted by molar-refractivity contribution is -0.119. The Kier molecular flexibility index (Phi) is 10.00. The van der Waals surface area contributed by atoms with Gasteiger partial charge in [0.15, 0.2) is 16.6 Å². The van der Waals surface area contributed by atoms with Crippen molar-refractivity contribution in [3.63, 3.8) is 0 Å². The predicted molar refractivity (Wildman–Crippen MR) is 119 cm³/mol. The molecule has 3 nitrogen and oxygen atoms in total. The maximum atomic E-state index is 12.2. The van der Waals surface area contributed by atoms with E-state index in [-0.39, 0.29) is 16.2 Å². The van der Waals surface area contributed by atoms with Crippen molar-refractivity contribution >= 4 is 22.4 Å². The Bertz CT molecular complexity index is 432. The fraction of sp³-hybridized carbons (Fsp3) is 0.952. The summed E-state index contributed by atoms with van der Waals surface area (Å²) in [7, 11) is -3.38. The smallest absolute Gasteiger partial charge is 0.192 e. The highest BCUT2D eigenvalue weighted by Crippen LogP contribution is 2.38. The first-order valence-corrected chi connectivity index (χ1v) is 16.1. The van der Waals surface area contributed by atoms with E-state index < -0.39 is 16.6 Å². The van der Waals surface area contributed by atoms with Gasteiger partial charge < -0.3 is 8.85 Å². The molecule has 5 heteroatoms. The summed E-state index contributed by atoms with van der Waals surface area (Å²) < 4.78 is 12.5. The van der Waals surface area contributed by atoms with Crippen LogP contribution < -0.4 is 0 Å². The van der Waals surface area contributed by atoms with Crippen molar-refractivity contribution in [1.82, 2.24) is 0 Å². The van der Waals surface area contributed by atoms with Crippen molar-refractivity contribution in [3.05, 3.63) is 0 Å². The molecule has 0 radical (unpaired) electrons. The van der Waals surface area contributed by atoms with Gasteiger partial charge in [-0.15, -0.1) is 0 Å². The van der Waals surface area contributed by atoms with E-state index in [4.69, 9.17) is 8.85 Å². The number of Topliss-reactive ketones (excluding diaryl/α,β-unsaturated/α-hetero) is 1. The van der Waals surface area contributed by atoms with E-state index in [0.29, 0.717) is 18.6 Å². The Morgan fingerprint density at radius 2 is 1.35 bits per heavy atom. The molecule has 0 N–H and O–H groups in total. The largest absolute Gasteiger partial charge is 0.417 e. The number of carbonyl (C=O) groups excluding carboxylic acids is 1. The van der Waals surface area contributed by atoms with E-state index in [2.05, 4.69) is 74.7 Å². The molecule has 0 aliphatic carbocycles. The fourth-order valence-corrected chi connectivity index (χ4v) is 4.76. The van der Waals surface area contributed by atoms with E-state index in [1.807, 2.05) is 0 Å². The molecule has 0 aromatic rings. The van der Waals surface area contributed by atoms with Crippen LogP contribution in [0.5, 0.6) is 0 Å². The summed E-state index contributed by atoms with van der Waals surface area (Å²) in [4.78, 5) is 12.2. The minimum absolute atomic E-state index is 0.168. The molecule has 0 fully saturated rings. The maximum absolute atomic E-state index is 12.2. The van der Waals surface area contributed by atoms with E-state index >= 15 is 0 Å². The summed E-state index contributed by atoms with van der Waals surface area (Å²) in [6.45, 7) is 25.5. The highest BCUT2D eigenvalue weighted by Gasteiger charge is 2.38. The third-order valence-electron chi connectivity index (χ3n) is 6.25. The zero-order valence-corrected chi connectivity index (χ0v) is 21.5. The number of carbonyl (C=O) groups is 1. The number of unbranched alkanes of at least 4 members (excludes halogenated alkanes) is 1. The van der Waals surface area contributed by atoms with Crippen LogP contribution in [0.25, 0.3) is 0 Å². The van der Waals surface area contributed by atoms with Crippen molar-refractivity contribution in [3.8, 4) is 0 Å². The van der Waals surface area contributed by atoms with Gasteiger partial charge in [0, 0.05) is 25.6 Å². The SMILES string of the molecule is C[C@@H](CCC(=O)CCCCO[Si](C)(C)C(C)(C)C)O[Si](C)(C)C(C)(C)C. The number of ketones is 1. The van der Waals surface area contributed by atoms with Crippen molar-refractivity contribution in [1.29, 1.82) is 0 Å². The van der Waals surface area contributed by atoms with E-state index in [1.165, 1.54) is 0 Å². The Balaban J connectivity index is 4.01. The molecule has 0 bridgehead atoms. The molecule has 0 heterocycles. The maximum Gasteiger partial charge on any atom is 0.192 e. The second-order valence-corrected chi connectivity index (χ2v) is 20.4. The van der Waals surface area contributed by atoms with E-state index in [0.717, 1.165) is 25.9 Å². The molecule has 0 aliphatic heterocycles. The fourth-order valence-electron chi connectivity index (χ4n) is 2.20. The van der Waals surface area contributed by atoms with Gasteiger partial charge in [-0.05, 0) is 62.5 Å². The Hall–Kier alpha value is 0.0238. The predicted octanol–water partition coefficient (Wildman–Crippen LogP) is 6.94. The zero-order valence-electron chi connectivity index (χ0n) is 19.5. The molecular weight excluding hydrogens is 356 g/mol. The molecule has 0 aliphatic rings. The lowest BCUT2D eigenvalue weighted by Crippen LogP contribution is -2.43. The molecule has 0 rings (SSSR count). The Morgan fingerprint density at radius 1 is 0.846 bits per heavy atom. The standard InChI is InChI=1S/C21H46O3Si2/c1-18(24-26(10,11)21(5,6)7)15-16-19(22)14-12-13-17-23-25(8,9)20(2,3)4/h18H,12-17H2,1-11H3/t18-/m0/s1. The number of rotatable bonds is 11. The minimum Gasteiger partial charge on any atom is -0.417 e. The van der Waals surface area contributed by atoms with Crippen LogP contribution in [-0.2, 0) is 13.6 Å². The molecule has 0 saturated carbocycles. The van der Waals surface area contributed by atoms with Crippen molar-refractivity contribution in [2.24, 2.45) is 0 Å². The molecule has 0 aromatic heterocycles. The first kappa shape index (κ1) is 26.0. The van der Waals surface area contributed by atoms with Gasteiger partial charge in [0.1, 0.15) is 5.78 Å². The van der Waals surface area contributed by atoms with Crippen LogP contribution in [-0.4, -0.2) is 35.1 Å². The van der Waals surface area contributed by atoms with Gasteiger partial charge >= 0.3 is 0 Å². The molecule has 0 amide bonds. The summed E-state index contributed by atoms with van der Waals surface area (Å²) in [5.41, 5.74) is 0. The van der Waals surface area contributed by atoms with Crippen molar-refractivity contribution in [2.75, 3.05) is 6.61 Å². The van der Waals surface area contributed by atoms with Crippen LogP contribution in [0.15, 0.2) is 0 Å². The molecular formula is C21H46O3Si2. The van der Waals surface area contributed by atoms with Gasteiger partial charge in [-0.25, -0.2) is 0 Å². The summed E-state index contributed by atoms with van der Waals surface area (Å²) in [5.74, 6) is 0.364. The van der Waals surface area contributed by atoms with Gasteiger partial charge in [0.05, 0.1) is 0 Å². The Labute approximate surface area is 165 Å². The molecule has 0 saturated heterocycles. The van der Waals surface area contributed by atoms with Crippen molar-refractivity contribution < 1.29 is 13.6 Å². The molecule has 0 aromatic carbocycles. The van der Waals surface area contributed by atoms with Crippen LogP contribution in [0.2, 0.25) is 36.3 Å². The van der Waals surface area contributed by atoms with Gasteiger partial charge in [-0.1, -0.05) is 41.5 Å². The normalized spacial score (nSPS) is 15.2. The van der Waals surface area contributed by atoms with Crippen LogP contribution >= 0.6 is 0 Å². The molecule has 0 spiro atoms. The molecule has 26 heavy (non-hydrogen) atoms. The monoisotopic (exact) mass is 402 g/mol. The third-order valence-corrected chi connectivity index (χ3v) is 15.4. The second-order valence-electron chi connectivity index (χ2n) is 10.8. The molecule has 1 atom stereocenters. The second kappa shape index (κ2) is 9.99. The summed E-state index contributed by atoms with van der Waals surface area (Å²) in [5, 5.41) is 0.471. The first-order valence-electron chi connectivity index (χ1n) is 10.3. The van der Waals surface area contributed by atoms with E-state index in [1.54, 1.807) is 0 Å². The van der Waals surface area contributed by atoms with Gasteiger partial charge in [-0.2, -0.15) is 0 Å². The quantitative estimate of drug-likeness (QED) is 0.277.